The van der Waals surface area contributed by atoms with E-state index < -0.39 is 11.8 Å². The Kier molecular flexibility index (Phi) is 8.15. The monoisotopic (exact) mass is 442 g/mol. The molecule has 3 aromatic rings. The van der Waals surface area contributed by atoms with Gasteiger partial charge in [-0.2, -0.15) is 10.4 Å². The van der Waals surface area contributed by atoms with E-state index in [1.807, 2.05) is 43.3 Å². The highest BCUT2D eigenvalue weighted by atomic mass is 16.5. The molecule has 0 unspecified atom stereocenters. The highest BCUT2D eigenvalue weighted by Gasteiger charge is 2.13. The summed E-state index contributed by atoms with van der Waals surface area (Å²) >= 11 is 0. The zero-order valence-electron chi connectivity index (χ0n) is 17.9. The van der Waals surface area contributed by atoms with Crippen molar-refractivity contribution in [3.63, 3.8) is 0 Å². The van der Waals surface area contributed by atoms with E-state index in [1.54, 1.807) is 18.2 Å². The Morgan fingerprint density at radius 3 is 2.42 bits per heavy atom. The van der Waals surface area contributed by atoms with Crippen LogP contribution in [0, 0.1) is 11.3 Å². The number of hydrogen-bond acceptors (Lipinski definition) is 6. The summed E-state index contributed by atoms with van der Waals surface area (Å²) in [4.78, 5) is 24.0. The molecule has 0 saturated heterocycles. The topological polar surface area (TPSA) is 113 Å². The van der Waals surface area contributed by atoms with Crippen molar-refractivity contribution in [2.45, 2.75) is 13.5 Å². The lowest BCUT2D eigenvalue weighted by molar-refractivity contribution is -0.136. The third-order valence-corrected chi connectivity index (χ3v) is 4.36. The molecule has 2 N–H and O–H groups in total. The number of nitriles is 1. The smallest absolute Gasteiger partial charge is 0.329 e. The van der Waals surface area contributed by atoms with Crippen molar-refractivity contribution < 1.29 is 19.1 Å². The maximum Gasteiger partial charge on any atom is 0.329 e. The number of benzene rings is 3. The molecule has 0 aliphatic carbocycles. The lowest BCUT2D eigenvalue weighted by Gasteiger charge is -2.12. The van der Waals surface area contributed by atoms with E-state index in [1.165, 1.54) is 30.5 Å². The molecule has 0 fully saturated rings. The summed E-state index contributed by atoms with van der Waals surface area (Å²) in [5, 5.41) is 15.1. The molecule has 33 heavy (non-hydrogen) atoms. The Hall–Kier alpha value is -4.64. The third kappa shape index (κ3) is 6.94. The lowest BCUT2D eigenvalue weighted by atomic mass is 10.2. The van der Waals surface area contributed by atoms with Crippen LogP contribution in [0.2, 0.25) is 0 Å². The van der Waals surface area contributed by atoms with Crippen LogP contribution < -0.4 is 20.2 Å². The van der Waals surface area contributed by atoms with Gasteiger partial charge in [-0.05, 0) is 60.5 Å². The standard InChI is InChI=1S/C25H22N4O4/c1-2-32-23-14-20(10-13-22(23)33-17-19-6-4-3-5-7-19)16-27-29-25(31)24(30)28-21-11-8-18(15-26)9-12-21/h3-14,16H,2,17H2,1H3,(H,28,30)(H,29,31)/b27-16+. The molecule has 8 nitrogen and oxygen atoms in total. The molecule has 0 aromatic heterocycles. The highest BCUT2D eigenvalue weighted by Crippen LogP contribution is 2.28. The fourth-order valence-corrected chi connectivity index (χ4v) is 2.76. The van der Waals surface area contributed by atoms with Crippen molar-refractivity contribution in [1.29, 1.82) is 5.26 Å². The van der Waals surface area contributed by atoms with Crippen molar-refractivity contribution in [2.24, 2.45) is 5.10 Å². The normalized spacial score (nSPS) is 10.3. The van der Waals surface area contributed by atoms with Gasteiger partial charge in [-0.15, -0.1) is 0 Å². The van der Waals surface area contributed by atoms with Crippen LogP contribution in [0.4, 0.5) is 5.69 Å². The summed E-state index contributed by atoms with van der Waals surface area (Å²) in [5.74, 6) is -0.675. The Balaban J connectivity index is 1.57. The van der Waals surface area contributed by atoms with Crippen LogP contribution >= 0.6 is 0 Å². The molecule has 2 amide bonds. The van der Waals surface area contributed by atoms with Crippen molar-refractivity contribution in [2.75, 3.05) is 11.9 Å². The summed E-state index contributed by atoms with van der Waals surface area (Å²) in [6.45, 7) is 2.72. The molecule has 3 aromatic carbocycles. The van der Waals surface area contributed by atoms with Gasteiger partial charge in [0.1, 0.15) is 6.61 Å². The van der Waals surface area contributed by atoms with Crippen molar-refractivity contribution in [1.82, 2.24) is 5.43 Å². The number of hydrazone groups is 1. The summed E-state index contributed by atoms with van der Waals surface area (Å²) < 4.78 is 11.5. The first-order valence-electron chi connectivity index (χ1n) is 10.2. The predicted molar refractivity (Wildman–Crippen MR) is 124 cm³/mol. The number of amides is 2. The molecule has 8 heteroatoms. The Labute approximate surface area is 191 Å². The van der Waals surface area contributed by atoms with Crippen LogP contribution in [0.1, 0.15) is 23.6 Å². The van der Waals surface area contributed by atoms with Gasteiger partial charge in [0.2, 0.25) is 0 Å². The van der Waals surface area contributed by atoms with E-state index >= 15 is 0 Å². The third-order valence-electron chi connectivity index (χ3n) is 4.36. The molecule has 3 rings (SSSR count). The van der Waals surface area contributed by atoms with Crippen LogP contribution in [0.15, 0.2) is 77.9 Å². The van der Waals surface area contributed by atoms with Gasteiger partial charge in [0, 0.05) is 5.69 Å². The average Bonchev–Trinajstić information content (AvgIpc) is 2.84. The zero-order chi connectivity index (χ0) is 23.5. The zero-order valence-corrected chi connectivity index (χ0v) is 17.9. The number of hydrogen-bond donors (Lipinski definition) is 2. The number of ether oxygens (including phenoxy) is 2. The quantitative estimate of drug-likeness (QED) is 0.314. The predicted octanol–water partition coefficient (Wildman–Crippen LogP) is 3.62. The molecule has 0 aliphatic rings. The number of nitrogens with zero attached hydrogens (tertiary/aromatic N) is 2. The van der Waals surface area contributed by atoms with Gasteiger partial charge in [-0.1, -0.05) is 30.3 Å². The van der Waals surface area contributed by atoms with Gasteiger partial charge >= 0.3 is 11.8 Å². The fraction of sp³-hybridized carbons (Fsp3) is 0.120. The second kappa shape index (κ2) is 11.7. The second-order valence-corrected chi connectivity index (χ2v) is 6.76. The molecule has 0 saturated carbocycles. The second-order valence-electron chi connectivity index (χ2n) is 6.76. The number of carbonyl (C=O) groups excluding carboxylic acids is 2. The number of nitrogens with one attached hydrogen (secondary N) is 2. The molecule has 0 radical (unpaired) electrons. The minimum atomic E-state index is -0.927. The first-order chi connectivity index (χ1) is 16.1. The minimum Gasteiger partial charge on any atom is -0.490 e. The van der Waals surface area contributed by atoms with Crippen LogP contribution in [0.25, 0.3) is 0 Å². The number of carbonyl (C=O) groups is 2. The van der Waals surface area contributed by atoms with E-state index in [9.17, 15) is 9.59 Å². The van der Waals surface area contributed by atoms with E-state index in [2.05, 4.69) is 15.8 Å². The van der Waals surface area contributed by atoms with Gasteiger partial charge < -0.3 is 14.8 Å². The van der Waals surface area contributed by atoms with E-state index in [4.69, 9.17) is 14.7 Å². The van der Waals surface area contributed by atoms with E-state index in [0.717, 1.165) is 5.56 Å². The van der Waals surface area contributed by atoms with Crippen molar-refractivity contribution >= 4 is 23.7 Å². The van der Waals surface area contributed by atoms with Crippen LogP contribution in [-0.4, -0.2) is 24.6 Å². The van der Waals surface area contributed by atoms with Crippen LogP contribution in [0.5, 0.6) is 11.5 Å². The molecular formula is C25H22N4O4. The Bertz CT molecular complexity index is 1170. The van der Waals surface area contributed by atoms with Crippen LogP contribution in [0.3, 0.4) is 0 Å². The molecular weight excluding hydrogens is 420 g/mol. The van der Waals surface area contributed by atoms with Crippen molar-refractivity contribution in [3.8, 4) is 17.6 Å². The Morgan fingerprint density at radius 1 is 0.970 bits per heavy atom. The maximum absolute atomic E-state index is 12.0. The van der Waals surface area contributed by atoms with Gasteiger partial charge in [-0.25, -0.2) is 5.43 Å². The summed E-state index contributed by atoms with van der Waals surface area (Å²) in [7, 11) is 0. The minimum absolute atomic E-state index is 0.394. The molecule has 0 bridgehead atoms. The largest absolute Gasteiger partial charge is 0.490 e. The summed E-state index contributed by atoms with van der Waals surface area (Å²) in [6, 6.07) is 23.1. The first-order valence-corrected chi connectivity index (χ1v) is 10.2. The molecule has 0 heterocycles. The lowest BCUT2D eigenvalue weighted by Crippen LogP contribution is -2.32. The average molecular weight is 442 g/mol. The van der Waals surface area contributed by atoms with Crippen LogP contribution in [-0.2, 0) is 16.2 Å². The van der Waals surface area contributed by atoms with Gasteiger partial charge in [0.15, 0.2) is 11.5 Å². The molecule has 166 valence electrons. The molecule has 0 aliphatic heterocycles. The first kappa shape index (κ1) is 23.0. The Morgan fingerprint density at radius 2 is 1.73 bits per heavy atom. The molecule has 0 spiro atoms. The van der Waals surface area contributed by atoms with E-state index in [-0.39, 0.29) is 0 Å². The van der Waals surface area contributed by atoms with Crippen molar-refractivity contribution in [3.05, 3.63) is 89.5 Å². The summed E-state index contributed by atoms with van der Waals surface area (Å²) in [6.07, 6.45) is 1.40. The summed E-state index contributed by atoms with van der Waals surface area (Å²) in [5.41, 5.74) is 4.71. The molecule has 0 atom stereocenters. The number of rotatable bonds is 8. The van der Waals surface area contributed by atoms with Gasteiger partial charge in [0.05, 0.1) is 24.5 Å². The van der Waals surface area contributed by atoms with Gasteiger partial charge in [0.25, 0.3) is 0 Å². The van der Waals surface area contributed by atoms with Gasteiger partial charge in [-0.3, -0.25) is 9.59 Å². The maximum atomic E-state index is 12.0. The highest BCUT2D eigenvalue weighted by molar-refractivity contribution is 6.39. The fourth-order valence-electron chi connectivity index (χ4n) is 2.76. The van der Waals surface area contributed by atoms with E-state index in [0.29, 0.717) is 41.5 Å². The SMILES string of the molecule is CCOc1cc(/C=N/NC(=O)C(=O)Nc2ccc(C#N)cc2)ccc1OCc1ccccc1. The number of anilines is 1.